The summed E-state index contributed by atoms with van der Waals surface area (Å²) >= 11 is 2.38. The van der Waals surface area contributed by atoms with E-state index in [2.05, 4.69) is 15.5 Å². The quantitative estimate of drug-likeness (QED) is 0.797. The molecule has 0 fully saturated rings. The number of carbonyl (C=O) groups is 2. The Morgan fingerprint density at radius 2 is 2.32 bits per heavy atom. The van der Waals surface area contributed by atoms with Gasteiger partial charge in [-0.3, -0.25) is 14.9 Å². The van der Waals surface area contributed by atoms with Gasteiger partial charge in [-0.25, -0.2) is 0 Å². The third-order valence-corrected chi connectivity index (χ3v) is 4.06. The van der Waals surface area contributed by atoms with Crippen molar-refractivity contribution < 1.29 is 9.59 Å². The van der Waals surface area contributed by atoms with Crippen molar-refractivity contribution in [1.29, 1.82) is 0 Å². The minimum absolute atomic E-state index is 0.0881. The largest absolute Gasteiger partial charge is 0.374 e. The molecule has 3 N–H and O–H groups in total. The summed E-state index contributed by atoms with van der Waals surface area (Å²) in [7, 11) is 1.73. The van der Waals surface area contributed by atoms with Gasteiger partial charge in [0.2, 0.25) is 11.0 Å². The zero-order valence-corrected chi connectivity index (χ0v) is 11.6. The van der Waals surface area contributed by atoms with Crippen LogP contribution in [0.25, 0.3) is 0 Å². The summed E-state index contributed by atoms with van der Waals surface area (Å²) in [5, 5.41) is 10.1. The maximum atomic E-state index is 11.7. The summed E-state index contributed by atoms with van der Waals surface area (Å²) in [5.74, 6) is -0.718. The van der Waals surface area contributed by atoms with Crippen molar-refractivity contribution in [2.24, 2.45) is 7.05 Å². The molecule has 0 radical (unpaired) electrons. The molecule has 0 unspecified atom stereocenters. The molecule has 0 aliphatic rings. The number of hydrogen-bond donors (Lipinski definition) is 2. The van der Waals surface area contributed by atoms with E-state index in [4.69, 9.17) is 5.73 Å². The Hall–Kier alpha value is -1.87. The van der Waals surface area contributed by atoms with E-state index < -0.39 is 5.91 Å². The molecular formula is C10H11N5O2S2. The average molecular weight is 297 g/mol. The second-order valence-electron chi connectivity index (χ2n) is 3.58. The van der Waals surface area contributed by atoms with Gasteiger partial charge in [-0.1, -0.05) is 23.1 Å². The first kappa shape index (κ1) is 13.6. The number of anilines is 1. The standard InChI is InChI=1S/C10H11N5O2S2/c1-15-4-2-3-6(15)8(17)12-7(16)5-18-10-14-13-9(11)19-10/h2-4H,5H2,1H3,(H2,11,13)(H,12,16,17). The number of carbonyl (C=O) groups excluding carboxylic acids is 2. The number of aryl methyl sites for hydroxylation is 1. The van der Waals surface area contributed by atoms with Crippen molar-refractivity contribution in [3.05, 3.63) is 24.0 Å². The van der Waals surface area contributed by atoms with Crippen LogP contribution in [0.5, 0.6) is 0 Å². The number of hydrogen-bond acceptors (Lipinski definition) is 7. The summed E-state index contributed by atoms with van der Waals surface area (Å²) in [4.78, 5) is 23.3. The lowest BCUT2D eigenvalue weighted by molar-refractivity contribution is -0.117. The lowest BCUT2D eigenvalue weighted by atomic mass is 10.4. The monoisotopic (exact) mass is 297 g/mol. The van der Waals surface area contributed by atoms with Gasteiger partial charge in [-0.05, 0) is 12.1 Å². The Morgan fingerprint density at radius 1 is 1.53 bits per heavy atom. The van der Waals surface area contributed by atoms with Crippen molar-refractivity contribution in [3.63, 3.8) is 0 Å². The van der Waals surface area contributed by atoms with E-state index in [-0.39, 0.29) is 11.7 Å². The van der Waals surface area contributed by atoms with Crippen LogP contribution in [-0.4, -0.2) is 32.3 Å². The normalized spacial score (nSPS) is 10.4. The second kappa shape index (κ2) is 5.85. The van der Waals surface area contributed by atoms with E-state index in [1.807, 2.05) is 0 Å². The summed E-state index contributed by atoms with van der Waals surface area (Å²) < 4.78 is 2.24. The molecule has 0 saturated carbocycles. The zero-order chi connectivity index (χ0) is 13.8. The van der Waals surface area contributed by atoms with Gasteiger partial charge in [0.15, 0.2) is 4.34 Å². The maximum Gasteiger partial charge on any atom is 0.274 e. The van der Waals surface area contributed by atoms with Crippen molar-refractivity contribution in [2.45, 2.75) is 4.34 Å². The third kappa shape index (κ3) is 3.55. The van der Waals surface area contributed by atoms with E-state index in [1.54, 1.807) is 29.9 Å². The smallest absolute Gasteiger partial charge is 0.274 e. The van der Waals surface area contributed by atoms with Crippen LogP contribution in [-0.2, 0) is 11.8 Å². The fourth-order valence-corrected chi connectivity index (χ4v) is 2.77. The average Bonchev–Trinajstić information content (AvgIpc) is 2.95. The Morgan fingerprint density at radius 3 is 2.89 bits per heavy atom. The number of rotatable bonds is 4. The Balaban J connectivity index is 1.85. The summed E-state index contributed by atoms with van der Waals surface area (Å²) in [5.41, 5.74) is 5.85. The van der Waals surface area contributed by atoms with Gasteiger partial charge >= 0.3 is 0 Å². The van der Waals surface area contributed by atoms with E-state index in [0.717, 1.165) is 0 Å². The Kier molecular flexibility index (Phi) is 4.17. The highest BCUT2D eigenvalue weighted by Gasteiger charge is 2.13. The fourth-order valence-electron chi connectivity index (χ4n) is 1.33. The number of nitrogens with one attached hydrogen (secondary N) is 1. The first-order valence-electron chi connectivity index (χ1n) is 5.23. The molecular weight excluding hydrogens is 286 g/mol. The van der Waals surface area contributed by atoms with Crippen LogP contribution in [0.15, 0.2) is 22.7 Å². The number of imide groups is 1. The minimum Gasteiger partial charge on any atom is -0.374 e. The van der Waals surface area contributed by atoms with Crippen LogP contribution in [0, 0.1) is 0 Å². The fraction of sp³-hybridized carbons (Fsp3) is 0.200. The summed E-state index contributed by atoms with van der Waals surface area (Å²) in [6.45, 7) is 0. The molecule has 0 saturated heterocycles. The predicted octanol–water partition coefficient (Wildman–Crippen LogP) is 0.508. The number of aromatic nitrogens is 3. The van der Waals surface area contributed by atoms with Crippen LogP contribution >= 0.6 is 23.1 Å². The van der Waals surface area contributed by atoms with E-state index in [1.165, 1.54) is 23.1 Å². The maximum absolute atomic E-state index is 11.7. The van der Waals surface area contributed by atoms with Gasteiger partial charge in [0, 0.05) is 13.2 Å². The van der Waals surface area contributed by atoms with E-state index in [0.29, 0.717) is 15.2 Å². The van der Waals surface area contributed by atoms with Gasteiger partial charge in [0.1, 0.15) is 5.69 Å². The lowest BCUT2D eigenvalue weighted by Gasteiger charge is -2.03. The molecule has 2 rings (SSSR count). The molecule has 0 bridgehead atoms. The summed E-state index contributed by atoms with van der Waals surface area (Å²) in [6.07, 6.45) is 1.73. The first-order valence-corrected chi connectivity index (χ1v) is 7.04. The summed E-state index contributed by atoms with van der Waals surface area (Å²) in [6, 6.07) is 3.37. The van der Waals surface area contributed by atoms with Crippen LogP contribution < -0.4 is 11.1 Å². The molecule has 100 valence electrons. The molecule has 2 aromatic rings. The van der Waals surface area contributed by atoms with Gasteiger partial charge in [-0.15, -0.1) is 10.2 Å². The lowest BCUT2D eigenvalue weighted by Crippen LogP contribution is -2.32. The molecule has 0 aliphatic carbocycles. The van der Waals surface area contributed by atoms with Crippen LogP contribution in [0.4, 0.5) is 5.13 Å². The van der Waals surface area contributed by atoms with Gasteiger partial charge in [0.25, 0.3) is 5.91 Å². The number of thioether (sulfide) groups is 1. The van der Waals surface area contributed by atoms with Crippen molar-refractivity contribution in [2.75, 3.05) is 11.5 Å². The molecule has 2 amide bonds. The molecule has 9 heteroatoms. The molecule has 2 heterocycles. The van der Waals surface area contributed by atoms with Crippen molar-refractivity contribution >= 4 is 40.0 Å². The van der Waals surface area contributed by atoms with E-state index >= 15 is 0 Å². The Labute approximate surface area is 117 Å². The highest BCUT2D eigenvalue weighted by Crippen LogP contribution is 2.22. The highest BCUT2D eigenvalue weighted by atomic mass is 32.2. The number of nitrogens with two attached hydrogens (primary N) is 1. The van der Waals surface area contributed by atoms with Crippen LogP contribution in [0.1, 0.15) is 10.5 Å². The zero-order valence-electron chi connectivity index (χ0n) is 9.99. The number of nitrogens with zero attached hydrogens (tertiary/aromatic N) is 3. The Bertz CT molecular complexity index is 607. The third-order valence-electron chi connectivity index (χ3n) is 2.18. The molecule has 0 aromatic carbocycles. The highest BCUT2D eigenvalue weighted by molar-refractivity contribution is 8.01. The van der Waals surface area contributed by atoms with Crippen LogP contribution in [0.2, 0.25) is 0 Å². The minimum atomic E-state index is -0.421. The molecule has 2 aromatic heterocycles. The first-order chi connectivity index (χ1) is 9.06. The molecule has 0 spiro atoms. The SMILES string of the molecule is Cn1cccc1C(=O)NC(=O)CSc1nnc(N)s1. The number of amides is 2. The molecule has 19 heavy (non-hydrogen) atoms. The predicted molar refractivity (Wildman–Crippen MR) is 72.9 cm³/mol. The van der Waals surface area contributed by atoms with Gasteiger partial charge in [0.05, 0.1) is 5.75 Å². The topological polar surface area (TPSA) is 103 Å². The molecule has 0 atom stereocenters. The van der Waals surface area contributed by atoms with Crippen molar-refractivity contribution in [3.8, 4) is 0 Å². The van der Waals surface area contributed by atoms with E-state index in [9.17, 15) is 9.59 Å². The van der Waals surface area contributed by atoms with Crippen LogP contribution in [0.3, 0.4) is 0 Å². The van der Waals surface area contributed by atoms with Gasteiger partial charge < -0.3 is 10.3 Å². The van der Waals surface area contributed by atoms with Crippen molar-refractivity contribution in [1.82, 2.24) is 20.1 Å². The number of nitrogen functional groups attached to an aromatic ring is 1. The van der Waals surface area contributed by atoms with Gasteiger partial charge in [-0.2, -0.15) is 0 Å². The molecule has 0 aliphatic heterocycles. The molecule has 7 nitrogen and oxygen atoms in total. The second-order valence-corrected chi connectivity index (χ2v) is 5.81.